The van der Waals surface area contributed by atoms with Gasteiger partial charge in [-0.25, -0.2) is 0 Å². The zero-order valence-corrected chi connectivity index (χ0v) is 18.1. The van der Waals surface area contributed by atoms with Gasteiger partial charge in [0, 0.05) is 16.8 Å². The molecule has 148 valence electrons. The van der Waals surface area contributed by atoms with E-state index in [1.54, 1.807) is 0 Å². The predicted octanol–water partition coefficient (Wildman–Crippen LogP) is 8.02. The highest BCUT2D eigenvalue weighted by atomic mass is 14.9. The minimum atomic E-state index is 0.0221. The molecule has 1 heteroatoms. The monoisotopic (exact) mass is 389 g/mol. The van der Waals surface area contributed by atoms with Crippen LogP contribution in [0.1, 0.15) is 36.1 Å². The van der Waals surface area contributed by atoms with E-state index in [4.69, 9.17) is 0 Å². The van der Waals surface area contributed by atoms with E-state index in [1.807, 2.05) is 0 Å². The van der Waals surface area contributed by atoms with Crippen molar-refractivity contribution < 1.29 is 0 Å². The molecule has 1 N–H and O–H groups in total. The smallest absolute Gasteiger partial charge is 0.0387 e. The van der Waals surface area contributed by atoms with Crippen LogP contribution in [0, 0.1) is 13.8 Å². The Morgan fingerprint density at radius 3 is 1.83 bits per heavy atom. The summed E-state index contributed by atoms with van der Waals surface area (Å²) in [6.07, 6.45) is 0. The zero-order chi connectivity index (χ0) is 20.9. The molecule has 1 aliphatic carbocycles. The summed E-state index contributed by atoms with van der Waals surface area (Å²) in [5, 5.41) is 3.63. The molecular formula is C29H27N. The SMILES string of the molecule is Cc1ccccc1-c1ccc(Nc2ccc3c(c2)C(C)(C)c2ccccc2-3)cc1C. The van der Waals surface area contributed by atoms with Gasteiger partial charge < -0.3 is 5.32 Å². The van der Waals surface area contributed by atoms with Crippen molar-refractivity contribution >= 4 is 11.4 Å². The normalized spacial score (nSPS) is 13.6. The quantitative estimate of drug-likeness (QED) is 0.374. The van der Waals surface area contributed by atoms with Crippen molar-refractivity contribution in [1.82, 2.24) is 0 Å². The largest absolute Gasteiger partial charge is 0.356 e. The highest BCUT2D eigenvalue weighted by Crippen LogP contribution is 2.49. The second-order valence-corrected chi connectivity index (χ2v) is 8.90. The molecule has 0 saturated heterocycles. The molecule has 30 heavy (non-hydrogen) atoms. The molecule has 0 heterocycles. The van der Waals surface area contributed by atoms with Crippen LogP contribution in [-0.4, -0.2) is 0 Å². The van der Waals surface area contributed by atoms with E-state index < -0.39 is 0 Å². The second kappa shape index (κ2) is 6.88. The lowest BCUT2D eigenvalue weighted by Gasteiger charge is -2.22. The first-order chi connectivity index (χ1) is 14.4. The van der Waals surface area contributed by atoms with Crippen LogP contribution in [-0.2, 0) is 5.41 Å². The molecular weight excluding hydrogens is 362 g/mol. The molecule has 0 aromatic heterocycles. The molecule has 4 aromatic rings. The van der Waals surface area contributed by atoms with Gasteiger partial charge in [-0.05, 0) is 82.6 Å². The van der Waals surface area contributed by atoms with Gasteiger partial charge in [-0.15, -0.1) is 0 Å². The lowest BCUT2D eigenvalue weighted by Crippen LogP contribution is -2.15. The maximum Gasteiger partial charge on any atom is 0.0387 e. The average molecular weight is 390 g/mol. The fraction of sp³-hybridized carbons (Fsp3) is 0.172. The lowest BCUT2D eigenvalue weighted by atomic mass is 9.82. The van der Waals surface area contributed by atoms with Crippen LogP contribution in [0.25, 0.3) is 22.3 Å². The predicted molar refractivity (Wildman–Crippen MR) is 129 cm³/mol. The minimum absolute atomic E-state index is 0.0221. The summed E-state index contributed by atoms with van der Waals surface area (Å²) in [6.45, 7) is 9.01. The Morgan fingerprint density at radius 1 is 0.533 bits per heavy atom. The van der Waals surface area contributed by atoms with E-state index in [0.29, 0.717) is 0 Å². The van der Waals surface area contributed by atoms with Crippen molar-refractivity contribution in [1.29, 1.82) is 0 Å². The Kier molecular flexibility index (Phi) is 4.29. The van der Waals surface area contributed by atoms with E-state index in [-0.39, 0.29) is 5.41 Å². The van der Waals surface area contributed by atoms with E-state index in [9.17, 15) is 0 Å². The molecule has 0 aliphatic heterocycles. The van der Waals surface area contributed by atoms with Gasteiger partial charge in [0.2, 0.25) is 0 Å². The van der Waals surface area contributed by atoms with Crippen LogP contribution in [0.4, 0.5) is 11.4 Å². The fourth-order valence-corrected chi connectivity index (χ4v) is 4.87. The van der Waals surface area contributed by atoms with Crippen molar-refractivity contribution in [2.75, 3.05) is 5.32 Å². The van der Waals surface area contributed by atoms with Crippen molar-refractivity contribution in [2.24, 2.45) is 0 Å². The van der Waals surface area contributed by atoms with Gasteiger partial charge in [0.1, 0.15) is 0 Å². The third kappa shape index (κ3) is 2.93. The summed E-state index contributed by atoms with van der Waals surface area (Å²) in [4.78, 5) is 0. The summed E-state index contributed by atoms with van der Waals surface area (Å²) in [6, 6.07) is 30.8. The topological polar surface area (TPSA) is 12.0 Å². The summed E-state index contributed by atoms with van der Waals surface area (Å²) >= 11 is 0. The second-order valence-electron chi connectivity index (χ2n) is 8.90. The molecule has 0 fully saturated rings. The minimum Gasteiger partial charge on any atom is -0.356 e. The Labute approximate surface area is 179 Å². The zero-order valence-electron chi connectivity index (χ0n) is 18.1. The standard InChI is InChI=1S/C29H27N/c1-19-9-5-6-10-23(19)24-15-13-21(17-20(24)2)30-22-14-16-26-25-11-7-8-12-27(25)29(3,4)28(26)18-22/h5-18,30H,1-4H3. The molecule has 0 spiro atoms. The first kappa shape index (κ1) is 18.7. The van der Waals surface area contributed by atoms with Gasteiger partial charge in [0.25, 0.3) is 0 Å². The Hall–Kier alpha value is -3.32. The number of benzene rings is 4. The summed E-state index contributed by atoms with van der Waals surface area (Å²) in [7, 11) is 0. The molecule has 0 bridgehead atoms. The van der Waals surface area contributed by atoms with E-state index in [2.05, 4.69) is 118 Å². The molecule has 0 radical (unpaired) electrons. The van der Waals surface area contributed by atoms with Crippen molar-refractivity contribution in [3.63, 3.8) is 0 Å². The molecule has 4 aromatic carbocycles. The molecule has 0 unspecified atom stereocenters. The first-order valence-corrected chi connectivity index (χ1v) is 10.6. The van der Waals surface area contributed by atoms with Gasteiger partial charge in [-0.3, -0.25) is 0 Å². The maximum absolute atomic E-state index is 3.63. The molecule has 1 aliphatic rings. The molecule has 0 saturated carbocycles. The number of fused-ring (bicyclic) bond motifs is 3. The highest BCUT2D eigenvalue weighted by Gasteiger charge is 2.35. The number of hydrogen-bond donors (Lipinski definition) is 1. The van der Waals surface area contributed by atoms with Crippen molar-refractivity contribution in [3.8, 4) is 22.3 Å². The van der Waals surface area contributed by atoms with Crippen LogP contribution >= 0.6 is 0 Å². The van der Waals surface area contributed by atoms with Gasteiger partial charge in [0.05, 0.1) is 0 Å². The van der Waals surface area contributed by atoms with Crippen molar-refractivity contribution in [3.05, 3.63) is 107 Å². The van der Waals surface area contributed by atoms with Gasteiger partial charge >= 0.3 is 0 Å². The summed E-state index contributed by atoms with van der Waals surface area (Å²) < 4.78 is 0. The first-order valence-electron chi connectivity index (χ1n) is 10.6. The Morgan fingerprint density at radius 2 is 1.10 bits per heavy atom. The number of rotatable bonds is 3. The number of anilines is 2. The van der Waals surface area contributed by atoms with Crippen molar-refractivity contribution in [2.45, 2.75) is 33.1 Å². The lowest BCUT2D eigenvalue weighted by molar-refractivity contribution is 0.660. The molecule has 0 atom stereocenters. The summed E-state index contributed by atoms with van der Waals surface area (Å²) in [5.74, 6) is 0. The Balaban J connectivity index is 1.48. The highest BCUT2D eigenvalue weighted by molar-refractivity contribution is 5.83. The molecule has 5 rings (SSSR count). The van der Waals surface area contributed by atoms with Crippen LogP contribution in [0.3, 0.4) is 0 Å². The fourth-order valence-electron chi connectivity index (χ4n) is 4.87. The Bertz CT molecular complexity index is 1260. The number of aryl methyl sites for hydroxylation is 2. The molecule has 1 nitrogen and oxygen atoms in total. The third-order valence-corrected chi connectivity index (χ3v) is 6.53. The van der Waals surface area contributed by atoms with Gasteiger partial charge in [0.15, 0.2) is 0 Å². The number of nitrogens with one attached hydrogen (secondary N) is 1. The van der Waals surface area contributed by atoms with E-state index >= 15 is 0 Å². The third-order valence-electron chi connectivity index (χ3n) is 6.53. The van der Waals surface area contributed by atoms with Gasteiger partial charge in [-0.2, -0.15) is 0 Å². The number of hydrogen-bond acceptors (Lipinski definition) is 1. The van der Waals surface area contributed by atoms with Crippen LogP contribution in [0.15, 0.2) is 84.9 Å². The van der Waals surface area contributed by atoms with Crippen LogP contribution < -0.4 is 5.32 Å². The van der Waals surface area contributed by atoms with Crippen LogP contribution in [0.5, 0.6) is 0 Å². The van der Waals surface area contributed by atoms with E-state index in [1.165, 1.54) is 44.5 Å². The summed E-state index contributed by atoms with van der Waals surface area (Å²) in [5.41, 5.74) is 13.0. The molecule has 0 amide bonds. The van der Waals surface area contributed by atoms with Gasteiger partial charge in [-0.1, -0.05) is 74.5 Å². The van der Waals surface area contributed by atoms with E-state index in [0.717, 1.165) is 11.4 Å². The van der Waals surface area contributed by atoms with Crippen LogP contribution in [0.2, 0.25) is 0 Å². The maximum atomic E-state index is 3.63. The average Bonchev–Trinajstić information content (AvgIpc) is 2.96.